The fourth-order valence-corrected chi connectivity index (χ4v) is 5.39. The molecule has 2 amide bonds. The molecule has 4 aromatic rings. The fourth-order valence-electron chi connectivity index (χ4n) is 3.70. The maximum atomic E-state index is 12.8. The van der Waals surface area contributed by atoms with E-state index in [0.29, 0.717) is 37.5 Å². The number of piperazine rings is 1. The first-order valence-corrected chi connectivity index (χ1v) is 12.6. The molecule has 0 radical (unpaired) electrons. The summed E-state index contributed by atoms with van der Waals surface area (Å²) < 4.78 is 6.05. The molecule has 9 nitrogen and oxygen atoms in total. The molecule has 0 atom stereocenters. The number of thioether (sulfide) groups is 1. The standard InChI is InChI=1S/C23H22N6O3S2/c30-20(24-16-6-2-1-3-7-16)15-33-23-26-25-22(34-23)29-12-10-28(11-13-29)21(31)14-18-17-8-4-5-9-19(17)32-27-18/h1-9H,10-15H2,(H,24,30). The highest BCUT2D eigenvalue weighted by atomic mass is 32.2. The second kappa shape index (κ2) is 10.2. The minimum absolute atomic E-state index is 0.0386. The van der Waals surface area contributed by atoms with Gasteiger partial charge < -0.3 is 19.6 Å². The molecule has 5 rings (SSSR count). The van der Waals surface area contributed by atoms with Crippen molar-refractivity contribution in [2.75, 3.05) is 42.1 Å². The topological polar surface area (TPSA) is 104 Å². The first-order valence-electron chi connectivity index (χ1n) is 10.8. The highest BCUT2D eigenvalue weighted by Crippen LogP contribution is 2.29. The van der Waals surface area contributed by atoms with Gasteiger partial charge in [0.05, 0.1) is 12.2 Å². The Bertz CT molecular complexity index is 1280. The van der Waals surface area contributed by atoms with Gasteiger partial charge in [-0.3, -0.25) is 9.59 Å². The van der Waals surface area contributed by atoms with Crippen molar-refractivity contribution in [2.45, 2.75) is 10.8 Å². The largest absolute Gasteiger partial charge is 0.356 e. The monoisotopic (exact) mass is 494 g/mol. The molecule has 11 heteroatoms. The number of benzene rings is 2. The maximum absolute atomic E-state index is 12.8. The number of nitrogens with zero attached hydrogens (tertiary/aromatic N) is 5. The van der Waals surface area contributed by atoms with Crippen LogP contribution in [0.25, 0.3) is 11.0 Å². The lowest BCUT2D eigenvalue weighted by Crippen LogP contribution is -2.49. The van der Waals surface area contributed by atoms with Gasteiger partial charge in [-0.2, -0.15) is 0 Å². The molecule has 34 heavy (non-hydrogen) atoms. The minimum Gasteiger partial charge on any atom is -0.356 e. The van der Waals surface area contributed by atoms with Gasteiger partial charge in [-0.25, -0.2) is 0 Å². The van der Waals surface area contributed by atoms with Crippen LogP contribution in [0.2, 0.25) is 0 Å². The summed E-state index contributed by atoms with van der Waals surface area (Å²) in [5.74, 6) is 0.222. The molecule has 0 unspecified atom stereocenters. The van der Waals surface area contributed by atoms with E-state index in [1.165, 1.54) is 23.1 Å². The molecule has 1 N–H and O–H groups in total. The number of nitrogens with one attached hydrogen (secondary N) is 1. The Morgan fingerprint density at radius 1 is 1.00 bits per heavy atom. The van der Waals surface area contributed by atoms with Gasteiger partial charge >= 0.3 is 0 Å². The van der Waals surface area contributed by atoms with E-state index in [1.54, 1.807) is 0 Å². The van der Waals surface area contributed by atoms with Crippen LogP contribution in [0.1, 0.15) is 5.69 Å². The molecular formula is C23H22N6O3S2. The van der Waals surface area contributed by atoms with Crippen molar-refractivity contribution in [2.24, 2.45) is 0 Å². The molecule has 0 spiro atoms. The van der Waals surface area contributed by atoms with Crippen LogP contribution in [0.5, 0.6) is 0 Å². The fraction of sp³-hybridized carbons (Fsp3) is 0.261. The van der Waals surface area contributed by atoms with Crippen molar-refractivity contribution in [3.05, 3.63) is 60.3 Å². The molecule has 3 heterocycles. The van der Waals surface area contributed by atoms with Crippen LogP contribution in [0, 0.1) is 0 Å². The van der Waals surface area contributed by atoms with Crippen molar-refractivity contribution in [1.82, 2.24) is 20.3 Å². The average Bonchev–Trinajstić information content (AvgIpc) is 3.51. The lowest BCUT2D eigenvalue weighted by Gasteiger charge is -2.34. The summed E-state index contributed by atoms with van der Waals surface area (Å²) in [5, 5.41) is 17.1. The number of carbonyl (C=O) groups excluding carboxylic acids is 2. The number of fused-ring (bicyclic) bond motifs is 1. The summed E-state index contributed by atoms with van der Waals surface area (Å²) in [7, 11) is 0. The number of rotatable bonds is 7. The van der Waals surface area contributed by atoms with E-state index in [-0.39, 0.29) is 24.0 Å². The van der Waals surface area contributed by atoms with E-state index in [0.717, 1.165) is 20.5 Å². The van der Waals surface area contributed by atoms with Gasteiger partial charge in [0.1, 0.15) is 5.69 Å². The summed E-state index contributed by atoms with van der Waals surface area (Å²) in [5.41, 5.74) is 2.14. The Labute approximate surface area is 204 Å². The Morgan fingerprint density at radius 3 is 2.59 bits per heavy atom. The number of para-hydroxylation sites is 2. The SMILES string of the molecule is O=C(CSc1nnc(N2CCN(C(=O)Cc3noc4ccccc34)CC2)s1)Nc1ccccc1. The van der Waals surface area contributed by atoms with Gasteiger partial charge in [0.25, 0.3) is 0 Å². The van der Waals surface area contributed by atoms with Gasteiger partial charge in [-0.15, -0.1) is 10.2 Å². The first kappa shape index (κ1) is 22.4. The quantitative estimate of drug-likeness (QED) is 0.390. The Kier molecular flexibility index (Phi) is 6.72. The van der Waals surface area contributed by atoms with Crippen LogP contribution in [0.4, 0.5) is 10.8 Å². The van der Waals surface area contributed by atoms with Crippen molar-refractivity contribution < 1.29 is 14.1 Å². The molecule has 1 aliphatic heterocycles. The molecule has 1 aliphatic rings. The van der Waals surface area contributed by atoms with Crippen LogP contribution in [0.3, 0.4) is 0 Å². The van der Waals surface area contributed by atoms with E-state index in [9.17, 15) is 9.59 Å². The summed E-state index contributed by atoms with van der Waals surface area (Å²) >= 11 is 2.83. The van der Waals surface area contributed by atoms with Crippen LogP contribution in [0.15, 0.2) is 63.5 Å². The van der Waals surface area contributed by atoms with Crippen molar-refractivity contribution in [1.29, 1.82) is 0 Å². The summed E-state index contributed by atoms with van der Waals surface area (Å²) in [6.07, 6.45) is 0.224. The molecule has 0 bridgehead atoms. The number of carbonyl (C=O) groups is 2. The first-order chi connectivity index (χ1) is 16.7. The van der Waals surface area contributed by atoms with Gasteiger partial charge in [-0.05, 0) is 24.3 Å². The average molecular weight is 495 g/mol. The summed E-state index contributed by atoms with van der Waals surface area (Å²) in [4.78, 5) is 28.9. The predicted octanol–water partition coefficient (Wildman–Crippen LogP) is 3.30. The van der Waals surface area contributed by atoms with Crippen LogP contribution >= 0.6 is 23.1 Å². The Balaban J connectivity index is 1.10. The zero-order valence-electron chi connectivity index (χ0n) is 18.2. The molecule has 174 valence electrons. The number of aromatic nitrogens is 3. The van der Waals surface area contributed by atoms with Crippen LogP contribution < -0.4 is 10.2 Å². The van der Waals surface area contributed by atoms with E-state index >= 15 is 0 Å². The number of anilines is 2. The summed E-state index contributed by atoms with van der Waals surface area (Å²) in [6, 6.07) is 16.9. The summed E-state index contributed by atoms with van der Waals surface area (Å²) in [6.45, 7) is 2.57. The molecule has 1 fully saturated rings. The molecule has 1 saturated heterocycles. The van der Waals surface area contributed by atoms with Crippen LogP contribution in [-0.2, 0) is 16.0 Å². The second-order valence-electron chi connectivity index (χ2n) is 7.72. The van der Waals surface area contributed by atoms with E-state index in [1.807, 2.05) is 59.5 Å². The third-order valence-corrected chi connectivity index (χ3v) is 7.57. The number of amides is 2. The van der Waals surface area contributed by atoms with Crippen molar-refractivity contribution in [3.8, 4) is 0 Å². The molecule has 2 aromatic heterocycles. The molecule has 0 saturated carbocycles. The molecule has 2 aromatic carbocycles. The zero-order chi connectivity index (χ0) is 23.3. The van der Waals surface area contributed by atoms with Gasteiger partial charge in [0, 0.05) is 37.3 Å². The van der Waals surface area contributed by atoms with Gasteiger partial charge in [0.2, 0.25) is 16.9 Å². The third kappa shape index (κ3) is 5.20. The Hall–Kier alpha value is -3.44. The molecular weight excluding hydrogens is 472 g/mol. The lowest BCUT2D eigenvalue weighted by molar-refractivity contribution is -0.130. The van der Waals surface area contributed by atoms with Gasteiger partial charge in [0.15, 0.2) is 9.92 Å². The third-order valence-electron chi connectivity index (χ3n) is 5.45. The number of hydrogen-bond donors (Lipinski definition) is 1. The van der Waals surface area contributed by atoms with Crippen LogP contribution in [-0.4, -0.2) is 64.0 Å². The zero-order valence-corrected chi connectivity index (χ0v) is 19.8. The minimum atomic E-state index is -0.0834. The highest BCUT2D eigenvalue weighted by molar-refractivity contribution is 8.01. The van der Waals surface area contributed by atoms with Crippen molar-refractivity contribution >= 4 is 56.7 Å². The molecule has 0 aliphatic carbocycles. The Morgan fingerprint density at radius 2 is 1.76 bits per heavy atom. The predicted molar refractivity (Wildman–Crippen MR) is 132 cm³/mol. The van der Waals surface area contributed by atoms with Gasteiger partial charge in [-0.1, -0.05) is 58.6 Å². The van der Waals surface area contributed by atoms with E-state index in [2.05, 4.69) is 25.6 Å². The van der Waals surface area contributed by atoms with E-state index < -0.39 is 0 Å². The van der Waals surface area contributed by atoms with Crippen molar-refractivity contribution in [3.63, 3.8) is 0 Å². The maximum Gasteiger partial charge on any atom is 0.234 e. The normalized spacial score (nSPS) is 13.9. The highest BCUT2D eigenvalue weighted by Gasteiger charge is 2.25. The lowest BCUT2D eigenvalue weighted by atomic mass is 10.1. The number of hydrogen-bond acceptors (Lipinski definition) is 9. The van der Waals surface area contributed by atoms with E-state index in [4.69, 9.17) is 4.52 Å². The second-order valence-corrected chi connectivity index (χ2v) is 9.90. The smallest absolute Gasteiger partial charge is 0.234 e.